The first-order valence-electron chi connectivity index (χ1n) is 33.4. The second-order valence-corrected chi connectivity index (χ2v) is 22.0. The highest BCUT2D eigenvalue weighted by atomic mass is 16.6. The molecular weight excluding hydrogens is 973 g/mol. The molecule has 0 aliphatic heterocycles. The third kappa shape index (κ3) is 64.8. The van der Waals surface area contributed by atoms with Crippen molar-refractivity contribution in [1.82, 2.24) is 0 Å². The summed E-state index contributed by atoms with van der Waals surface area (Å²) < 4.78 is 16.9. The van der Waals surface area contributed by atoms with Crippen molar-refractivity contribution < 1.29 is 28.6 Å². The van der Waals surface area contributed by atoms with E-state index in [2.05, 4.69) is 130 Å². The molecule has 0 heterocycles. The van der Waals surface area contributed by atoms with Gasteiger partial charge in [-0.05, 0) is 128 Å². The molecule has 0 aromatic heterocycles. The topological polar surface area (TPSA) is 78.9 Å². The molecule has 0 N–H and O–H groups in total. The maximum Gasteiger partial charge on any atom is 0.306 e. The Kier molecular flexibility index (Phi) is 63.3. The average molecular weight is 1100 g/mol. The van der Waals surface area contributed by atoms with E-state index in [1.807, 2.05) is 0 Å². The van der Waals surface area contributed by atoms with Crippen molar-refractivity contribution in [3.63, 3.8) is 0 Å². The summed E-state index contributed by atoms with van der Waals surface area (Å²) in [6.45, 7) is 6.51. The van der Waals surface area contributed by atoms with Crippen LogP contribution in [0.4, 0.5) is 0 Å². The van der Waals surface area contributed by atoms with E-state index in [1.165, 1.54) is 154 Å². The van der Waals surface area contributed by atoms with Gasteiger partial charge < -0.3 is 14.2 Å². The Morgan fingerprint density at radius 1 is 0.266 bits per heavy atom. The van der Waals surface area contributed by atoms with E-state index >= 15 is 0 Å². The largest absolute Gasteiger partial charge is 0.462 e. The Morgan fingerprint density at radius 2 is 0.494 bits per heavy atom. The van der Waals surface area contributed by atoms with Crippen LogP contribution in [0.15, 0.2) is 109 Å². The normalized spacial score (nSPS) is 12.8. The predicted molar refractivity (Wildman–Crippen MR) is 343 cm³/mol. The molecule has 0 amide bonds. The summed E-state index contributed by atoms with van der Waals surface area (Å²) >= 11 is 0. The Bertz CT molecular complexity index is 1590. The van der Waals surface area contributed by atoms with Crippen LogP contribution in [-0.2, 0) is 28.6 Å². The Labute approximate surface area is 489 Å². The van der Waals surface area contributed by atoms with Crippen LogP contribution >= 0.6 is 0 Å². The van der Waals surface area contributed by atoms with Crippen LogP contribution < -0.4 is 0 Å². The van der Waals surface area contributed by atoms with Gasteiger partial charge in [0.1, 0.15) is 13.2 Å². The first kappa shape index (κ1) is 75.1. The van der Waals surface area contributed by atoms with Crippen molar-refractivity contribution in [3.8, 4) is 0 Å². The number of esters is 3. The lowest BCUT2D eigenvalue weighted by molar-refractivity contribution is -0.167. The van der Waals surface area contributed by atoms with Gasteiger partial charge in [0.05, 0.1) is 0 Å². The smallest absolute Gasteiger partial charge is 0.306 e. The molecule has 79 heavy (non-hydrogen) atoms. The molecule has 0 aromatic rings. The lowest BCUT2D eigenvalue weighted by Crippen LogP contribution is -2.30. The van der Waals surface area contributed by atoms with Gasteiger partial charge in [-0.3, -0.25) is 14.4 Å². The summed E-state index contributed by atoms with van der Waals surface area (Å²) in [4.78, 5) is 38.4. The molecule has 452 valence electrons. The molecular formula is C73H124O6. The van der Waals surface area contributed by atoms with Crippen molar-refractivity contribution in [1.29, 1.82) is 0 Å². The number of carbonyl (C=O) groups excluding carboxylic acids is 3. The SMILES string of the molecule is CC/C=C\C/C=C\C/C=C\C/C=C\C/C=C\C/C=C\CCCCCCCCC(=O)OCC(COC(=O)CCCCCCC/C=C\CCCCCCCC)OC(=O)CCCCCCCCCCC/C=C\C/C=C\CCCCCCC. The van der Waals surface area contributed by atoms with Crippen LogP contribution in [0.2, 0.25) is 0 Å². The summed E-state index contributed by atoms with van der Waals surface area (Å²) in [5.41, 5.74) is 0. The maximum atomic E-state index is 12.9. The molecule has 0 rings (SSSR count). The van der Waals surface area contributed by atoms with Gasteiger partial charge in [0.15, 0.2) is 6.10 Å². The number of allylic oxidation sites excluding steroid dienone is 18. The Balaban J connectivity index is 4.41. The van der Waals surface area contributed by atoms with Crippen LogP contribution in [0.3, 0.4) is 0 Å². The van der Waals surface area contributed by atoms with E-state index in [1.54, 1.807) is 0 Å². The zero-order valence-corrected chi connectivity index (χ0v) is 51.9. The van der Waals surface area contributed by atoms with Gasteiger partial charge >= 0.3 is 17.9 Å². The highest BCUT2D eigenvalue weighted by Crippen LogP contribution is 2.16. The second-order valence-electron chi connectivity index (χ2n) is 22.0. The third-order valence-corrected chi connectivity index (χ3v) is 14.2. The van der Waals surface area contributed by atoms with E-state index in [0.717, 1.165) is 122 Å². The Morgan fingerprint density at radius 3 is 0.785 bits per heavy atom. The zero-order chi connectivity index (χ0) is 57.1. The molecule has 0 radical (unpaired) electrons. The highest BCUT2D eigenvalue weighted by Gasteiger charge is 2.19. The van der Waals surface area contributed by atoms with Gasteiger partial charge in [-0.15, -0.1) is 0 Å². The number of rotatable bonds is 60. The fraction of sp³-hybridized carbons (Fsp3) is 0.712. The van der Waals surface area contributed by atoms with Crippen LogP contribution in [0, 0.1) is 0 Å². The predicted octanol–water partition coefficient (Wildman–Crippen LogP) is 23.0. The number of unbranched alkanes of at least 4 members (excludes halogenated alkanes) is 31. The van der Waals surface area contributed by atoms with Crippen LogP contribution in [-0.4, -0.2) is 37.2 Å². The van der Waals surface area contributed by atoms with E-state index in [0.29, 0.717) is 19.3 Å². The van der Waals surface area contributed by atoms with Crippen LogP contribution in [0.1, 0.15) is 316 Å². The number of hydrogen-bond donors (Lipinski definition) is 0. The minimum Gasteiger partial charge on any atom is -0.462 e. The lowest BCUT2D eigenvalue weighted by Gasteiger charge is -2.18. The molecule has 0 spiro atoms. The molecule has 0 aliphatic rings. The van der Waals surface area contributed by atoms with Gasteiger partial charge in [-0.2, -0.15) is 0 Å². The summed E-state index contributed by atoms with van der Waals surface area (Å²) in [7, 11) is 0. The van der Waals surface area contributed by atoms with Gasteiger partial charge in [-0.1, -0.05) is 278 Å². The number of ether oxygens (including phenoxy) is 3. The van der Waals surface area contributed by atoms with Crippen LogP contribution in [0.25, 0.3) is 0 Å². The van der Waals surface area contributed by atoms with Crippen molar-refractivity contribution in [2.75, 3.05) is 13.2 Å². The zero-order valence-electron chi connectivity index (χ0n) is 51.9. The summed E-state index contributed by atoms with van der Waals surface area (Å²) in [5.74, 6) is -0.906. The minimum atomic E-state index is -0.794. The van der Waals surface area contributed by atoms with E-state index in [-0.39, 0.29) is 31.1 Å². The molecule has 0 aliphatic carbocycles. The minimum absolute atomic E-state index is 0.0889. The van der Waals surface area contributed by atoms with E-state index < -0.39 is 6.10 Å². The average Bonchev–Trinajstić information content (AvgIpc) is 3.45. The van der Waals surface area contributed by atoms with Gasteiger partial charge in [0.25, 0.3) is 0 Å². The lowest BCUT2D eigenvalue weighted by atomic mass is 10.1. The van der Waals surface area contributed by atoms with Gasteiger partial charge in [-0.25, -0.2) is 0 Å². The molecule has 6 nitrogen and oxygen atoms in total. The number of hydrogen-bond acceptors (Lipinski definition) is 6. The van der Waals surface area contributed by atoms with Crippen molar-refractivity contribution in [2.45, 2.75) is 322 Å². The first-order chi connectivity index (χ1) is 39.0. The van der Waals surface area contributed by atoms with Crippen molar-refractivity contribution in [3.05, 3.63) is 109 Å². The number of carbonyl (C=O) groups is 3. The molecule has 1 atom stereocenters. The summed E-state index contributed by atoms with van der Waals surface area (Å²) in [5, 5.41) is 0. The molecule has 0 bridgehead atoms. The fourth-order valence-electron chi connectivity index (χ4n) is 9.24. The van der Waals surface area contributed by atoms with E-state index in [9.17, 15) is 14.4 Å². The first-order valence-corrected chi connectivity index (χ1v) is 33.4. The van der Waals surface area contributed by atoms with Crippen LogP contribution in [0.5, 0.6) is 0 Å². The van der Waals surface area contributed by atoms with Crippen molar-refractivity contribution in [2.24, 2.45) is 0 Å². The van der Waals surface area contributed by atoms with Crippen molar-refractivity contribution >= 4 is 17.9 Å². The van der Waals surface area contributed by atoms with Gasteiger partial charge in [0, 0.05) is 19.3 Å². The molecule has 1 unspecified atom stereocenters. The quantitative estimate of drug-likeness (QED) is 0.0261. The molecule has 0 fully saturated rings. The highest BCUT2D eigenvalue weighted by molar-refractivity contribution is 5.71. The second kappa shape index (κ2) is 66.6. The summed E-state index contributed by atoms with van der Waals surface area (Å²) in [6, 6.07) is 0. The fourth-order valence-corrected chi connectivity index (χ4v) is 9.24. The maximum absolute atomic E-state index is 12.9. The van der Waals surface area contributed by atoms with E-state index in [4.69, 9.17) is 14.2 Å². The Hall–Kier alpha value is -3.93. The molecule has 0 aromatic carbocycles. The molecule has 0 saturated carbocycles. The monoisotopic (exact) mass is 1100 g/mol. The molecule has 6 heteroatoms. The molecule has 0 saturated heterocycles. The van der Waals surface area contributed by atoms with Gasteiger partial charge in [0.2, 0.25) is 0 Å². The summed E-state index contributed by atoms with van der Waals surface area (Å²) in [6.07, 6.45) is 90.9. The third-order valence-electron chi connectivity index (χ3n) is 14.2. The standard InChI is InChI=1S/C73H124O6/c1-4-7-10-13-16-19-22-25-28-30-32-34-35-36-37-39-40-42-45-48-51-54-57-60-63-66-72(75)78-69-70(68-77-71(74)65-62-59-56-53-50-47-44-27-24-21-18-15-12-9-6-3)79-73(76)67-64-61-58-55-52-49-46-43-41-38-33-31-29-26-23-20-17-14-11-8-5-2/h7,10,16,19,23,25-28,31-34,36-37,40,42,44,70H,4-6,8-9,11-15,17-18,20-22,24,29-30,35,38-39,41,43,45-69H2,1-3H3/b10-7-,19-16-,26-23-,28-25-,33-31-,34-32-,37-36-,42-40-,44-27-.